The summed E-state index contributed by atoms with van der Waals surface area (Å²) in [6.07, 6.45) is 0.665. The average molecular weight is 335 g/mol. The number of aromatic carboxylic acids is 1. The van der Waals surface area contributed by atoms with Gasteiger partial charge >= 0.3 is 5.97 Å². The van der Waals surface area contributed by atoms with E-state index in [0.717, 1.165) is 5.56 Å². The summed E-state index contributed by atoms with van der Waals surface area (Å²) in [5, 5.41) is 9.16. The maximum atomic E-state index is 12.6. The normalized spacial score (nSPS) is 11.0. The number of ether oxygens (including phenoxy) is 1. The van der Waals surface area contributed by atoms with Crippen molar-refractivity contribution < 1.29 is 23.1 Å². The largest absolute Gasteiger partial charge is 0.495 e. The third-order valence-electron chi connectivity index (χ3n) is 3.33. The lowest BCUT2D eigenvalue weighted by atomic mass is 10.2. The summed E-state index contributed by atoms with van der Waals surface area (Å²) in [4.78, 5) is 11.2. The SMILES string of the molecule is CCc1ccc(OC)c(S(=O)(=O)Nc2ccccc2C(=O)O)c1. The molecule has 2 aromatic rings. The van der Waals surface area contributed by atoms with Crippen LogP contribution in [0.1, 0.15) is 22.8 Å². The van der Waals surface area contributed by atoms with Crippen LogP contribution in [-0.4, -0.2) is 26.6 Å². The number of sulfonamides is 1. The van der Waals surface area contributed by atoms with Crippen LogP contribution in [0, 0.1) is 0 Å². The molecule has 0 amide bonds. The third-order valence-corrected chi connectivity index (χ3v) is 4.71. The lowest BCUT2D eigenvalue weighted by Gasteiger charge is -2.14. The minimum absolute atomic E-state index is 0.00366. The summed E-state index contributed by atoms with van der Waals surface area (Å²) in [5.74, 6) is -1.01. The quantitative estimate of drug-likeness (QED) is 0.847. The number of hydrogen-bond donors (Lipinski definition) is 2. The Hall–Kier alpha value is -2.54. The van der Waals surface area contributed by atoms with Gasteiger partial charge in [-0.15, -0.1) is 0 Å². The van der Waals surface area contributed by atoms with Crippen LogP contribution >= 0.6 is 0 Å². The van der Waals surface area contributed by atoms with Gasteiger partial charge in [-0.05, 0) is 36.2 Å². The molecule has 2 aromatic carbocycles. The second-order valence-corrected chi connectivity index (χ2v) is 6.45. The number of carbonyl (C=O) groups is 1. The first kappa shape index (κ1) is 16.8. The van der Waals surface area contributed by atoms with E-state index in [9.17, 15) is 13.2 Å². The van der Waals surface area contributed by atoms with Gasteiger partial charge in [0.2, 0.25) is 0 Å². The number of methoxy groups -OCH3 is 1. The molecule has 0 atom stereocenters. The lowest BCUT2D eigenvalue weighted by molar-refractivity contribution is 0.0698. The minimum atomic E-state index is -3.98. The molecule has 2 N–H and O–H groups in total. The fourth-order valence-electron chi connectivity index (χ4n) is 2.11. The van der Waals surface area contributed by atoms with Crippen LogP contribution in [0.5, 0.6) is 5.75 Å². The van der Waals surface area contributed by atoms with E-state index in [2.05, 4.69) is 4.72 Å². The number of aryl methyl sites for hydroxylation is 1. The van der Waals surface area contributed by atoms with E-state index in [1.165, 1.54) is 31.4 Å². The zero-order valence-electron chi connectivity index (χ0n) is 12.7. The first-order valence-electron chi connectivity index (χ1n) is 6.91. The Kier molecular flexibility index (Phi) is 4.90. The van der Waals surface area contributed by atoms with Crippen molar-refractivity contribution in [2.75, 3.05) is 11.8 Å². The van der Waals surface area contributed by atoms with Crippen molar-refractivity contribution in [1.29, 1.82) is 0 Å². The lowest BCUT2D eigenvalue weighted by Crippen LogP contribution is -2.16. The molecule has 0 bridgehead atoms. The Labute approximate surface area is 134 Å². The summed E-state index contributed by atoms with van der Waals surface area (Å²) >= 11 is 0. The molecule has 6 nitrogen and oxygen atoms in total. The van der Waals surface area contributed by atoms with Crippen molar-refractivity contribution in [3.05, 3.63) is 53.6 Å². The molecule has 0 heterocycles. The Bertz CT molecular complexity index is 830. The standard InChI is InChI=1S/C16H17NO5S/c1-3-11-8-9-14(22-2)15(10-11)23(20,21)17-13-7-5-4-6-12(13)16(18)19/h4-10,17H,3H2,1-2H3,(H,18,19). The highest BCUT2D eigenvalue weighted by Gasteiger charge is 2.22. The molecule has 0 radical (unpaired) electrons. The molecular weight excluding hydrogens is 318 g/mol. The molecular formula is C16H17NO5S. The van der Waals surface area contributed by atoms with E-state index in [1.54, 1.807) is 18.2 Å². The van der Waals surface area contributed by atoms with Crippen LogP contribution in [-0.2, 0) is 16.4 Å². The summed E-state index contributed by atoms with van der Waals surface area (Å²) in [6, 6.07) is 10.7. The Morgan fingerprint density at radius 2 is 1.91 bits per heavy atom. The van der Waals surface area contributed by atoms with Gasteiger partial charge in [-0.3, -0.25) is 4.72 Å². The number of anilines is 1. The van der Waals surface area contributed by atoms with Crippen LogP contribution in [0.2, 0.25) is 0 Å². The highest BCUT2D eigenvalue weighted by atomic mass is 32.2. The minimum Gasteiger partial charge on any atom is -0.495 e. The predicted molar refractivity (Wildman–Crippen MR) is 86.6 cm³/mol. The summed E-state index contributed by atoms with van der Waals surface area (Å²) in [6.45, 7) is 1.91. The molecule has 0 spiro atoms. The van der Waals surface area contributed by atoms with Crippen molar-refractivity contribution in [2.45, 2.75) is 18.2 Å². The topological polar surface area (TPSA) is 92.7 Å². The van der Waals surface area contributed by atoms with Gasteiger partial charge in [0.15, 0.2) is 0 Å². The summed E-state index contributed by atoms with van der Waals surface area (Å²) < 4.78 is 32.7. The highest BCUT2D eigenvalue weighted by Crippen LogP contribution is 2.28. The van der Waals surface area contributed by atoms with Gasteiger partial charge in [-0.25, -0.2) is 13.2 Å². The van der Waals surface area contributed by atoms with Gasteiger partial charge in [0.25, 0.3) is 10.0 Å². The average Bonchev–Trinajstić information content (AvgIpc) is 2.54. The monoisotopic (exact) mass is 335 g/mol. The first-order chi connectivity index (χ1) is 10.9. The van der Waals surface area contributed by atoms with E-state index in [-0.39, 0.29) is 21.9 Å². The maximum Gasteiger partial charge on any atom is 0.337 e. The second kappa shape index (κ2) is 6.70. The molecule has 0 aliphatic heterocycles. The molecule has 2 rings (SSSR count). The summed E-state index contributed by atoms with van der Waals surface area (Å²) in [7, 11) is -2.60. The van der Waals surface area contributed by atoms with Gasteiger partial charge < -0.3 is 9.84 Å². The van der Waals surface area contributed by atoms with Crippen molar-refractivity contribution in [1.82, 2.24) is 0 Å². The molecule has 0 aliphatic rings. The van der Waals surface area contributed by atoms with E-state index in [0.29, 0.717) is 6.42 Å². The van der Waals surface area contributed by atoms with Gasteiger partial charge in [0, 0.05) is 0 Å². The fraction of sp³-hybridized carbons (Fsp3) is 0.188. The number of nitrogens with one attached hydrogen (secondary N) is 1. The highest BCUT2D eigenvalue weighted by molar-refractivity contribution is 7.92. The van der Waals surface area contributed by atoms with Crippen LogP contribution in [0.15, 0.2) is 47.4 Å². The van der Waals surface area contributed by atoms with Crippen LogP contribution < -0.4 is 9.46 Å². The number of benzene rings is 2. The van der Waals surface area contributed by atoms with E-state index in [4.69, 9.17) is 9.84 Å². The number of para-hydroxylation sites is 1. The van der Waals surface area contributed by atoms with E-state index >= 15 is 0 Å². The zero-order valence-corrected chi connectivity index (χ0v) is 13.6. The molecule has 7 heteroatoms. The van der Waals surface area contributed by atoms with Gasteiger partial charge in [0.05, 0.1) is 18.4 Å². The number of rotatable bonds is 6. The zero-order chi connectivity index (χ0) is 17.0. The molecule has 0 aromatic heterocycles. The predicted octanol–water partition coefficient (Wildman–Crippen LogP) is 2.76. The number of carboxylic acids is 1. The van der Waals surface area contributed by atoms with Crippen LogP contribution in [0.4, 0.5) is 5.69 Å². The summed E-state index contributed by atoms with van der Waals surface area (Å²) in [5.41, 5.74) is 0.711. The Morgan fingerprint density at radius 1 is 1.22 bits per heavy atom. The second-order valence-electron chi connectivity index (χ2n) is 4.80. The smallest absolute Gasteiger partial charge is 0.337 e. The molecule has 0 aliphatic carbocycles. The van der Waals surface area contributed by atoms with E-state index in [1.807, 2.05) is 6.92 Å². The number of carboxylic acid groups (broad SMARTS) is 1. The van der Waals surface area contributed by atoms with Gasteiger partial charge in [0.1, 0.15) is 10.6 Å². The molecule has 0 fully saturated rings. The number of hydrogen-bond acceptors (Lipinski definition) is 4. The maximum absolute atomic E-state index is 12.6. The third kappa shape index (κ3) is 3.62. The van der Waals surface area contributed by atoms with Gasteiger partial charge in [-0.2, -0.15) is 0 Å². The van der Waals surface area contributed by atoms with Gasteiger partial charge in [-0.1, -0.05) is 25.1 Å². The van der Waals surface area contributed by atoms with Crippen molar-refractivity contribution in [2.24, 2.45) is 0 Å². The molecule has 23 heavy (non-hydrogen) atoms. The molecule has 0 saturated carbocycles. The molecule has 0 unspecified atom stereocenters. The van der Waals surface area contributed by atoms with Crippen LogP contribution in [0.3, 0.4) is 0 Å². The fourth-order valence-corrected chi connectivity index (χ4v) is 3.41. The Balaban J connectivity index is 2.50. The first-order valence-corrected chi connectivity index (χ1v) is 8.39. The van der Waals surface area contributed by atoms with Crippen LogP contribution in [0.25, 0.3) is 0 Å². The van der Waals surface area contributed by atoms with Crippen molar-refractivity contribution in [3.8, 4) is 5.75 Å². The molecule has 0 saturated heterocycles. The van der Waals surface area contributed by atoms with Crippen molar-refractivity contribution >= 4 is 21.7 Å². The Morgan fingerprint density at radius 3 is 2.52 bits per heavy atom. The van der Waals surface area contributed by atoms with E-state index < -0.39 is 16.0 Å². The van der Waals surface area contributed by atoms with Crippen molar-refractivity contribution in [3.63, 3.8) is 0 Å². The molecule has 122 valence electrons.